The maximum atomic E-state index is 13.0. The molecule has 2 aromatic heterocycles. The number of nitrogens with one attached hydrogen (secondary N) is 1. The molecule has 2 unspecified atom stereocenters. The Morgan fingerprint density at radius 2 is 1.71 bits per heavy atom. The van der Waals surface area contributed by atoms with Crippen LogP contribution < -0.4 is 5.32 Å². The van der Waals surface area contributed by atoms with E-state index >= 15 is 0 Å². The van der Waals surface area contributed by atoms with E-state index in [0.717, 1.165) is 21.7 Å². The van der Waals surface area contributed by atoms with Gasteiger partial charge in [-0.3, -0.25) is 23.7 Å². The molecular formula is C24H22N4O3. The smallest absolute Gasteiger partial charge is 0.245 e. The minimum atomic E-state index is -0.422. The lowest BCUT2D eigenvalue weighted by atomic mass is 9.85. The predicted octanol–water partition coefficient (Wildman–Crippen LogP) is 3.20. The summed E-state index contributed by atoms with van der Waals surface area (Å²) in [6.07, 6.45) is 6.81. The molecule has 1 N–H and O–H groups in total. The lowest BCUT2D eigenvalue weighted by Gasteiger charge is -2.15. The highest BCUT2D eigenvalue weighted by molar-refractivity contribution is 6.09. The third-order valence-electron chi connectivity index (χ3n) is 6.05. The van der Waals surface area contributed by atoms with Gasteiger partial charge < -0.3 is 5.32 Å². The van der Waals surface area contributed by atoms with Crippen molar-refractivity contribution in [1.82, 2.24) is 14.3 Å². The molecule has 3 amide bonds. The van der Waals surface area contributed by atoms with Crippen molar-refractivity contribution in [3.05, 3.63) is 66.4 Å². The first kappa shape index (κ1) is 19.2. The largest absolute Gasteiger partial charge is 0.308 e. The molecule has 7 nitrogen and oxygen atoms in total. The summed E-state index contributed by atoms with van der Waals surface area (Å²) in [5, 5.41) is 2.91. The number of anilines is 1. The average molecular weight is 414 g/mol. The van der Waals surface area contributed by atoms with Gasteiger partial charge in [0.15, 0.2) is 0 Å². The summed E-state index contributed by atoms with van der Waals surface area (Å²) in [7, 11) is 0. The Labute approximate surface area is 179 Å². The van der Waals surface area contributed by atoms with Gasteiger partial charge in [-0.15, -0.1) is 0 Å². The number of rotatable bonds is 4. The van der Waals surface area contributed by atoms with E-state index in [1.165, 1.54) is 0 Å². The molecular weight excluding hydrogens is 392 g/mol. The van der Waals surface area contributed by atoms with Crippen molar-refractivity contribution >= 4 is 29.2 Å². The molecule has 1 aliphatic heterocycles. The van der Waals surface area contributed by atoms with Crippen LogP contribution in [0, 0.1) is 18.8 Å². The topological polar surface area (TPSA) is 83.8 Å². The van der Waals surface area contributed by atoms with E-state index in [1.807, 2.05) is 72.1 Å². The number of hydrogen-bond donors (Lipinski definition) is 1. The average Bonchev–Trinajstić information content (AvgIpc) is 3.27. The minimum absolute atomic E-state index is 0.258. The highest BCUT2D eigenvalue weighted by Gasteiger charge is 2.47. The minimum Gasteiger partial charge on any atom is -0.308 e. The number of hydrogen-bond acceptors (Lipinski definition) is 4. The molecule has 0 saturated carbocycles. The molecule has 1 saturated heterocycles. The van der Waals surface area contributed by atoms with E-state index in [2.05, 4.69) is 5.32 Å². The first-order valence-electron chi connectivity index (χ1n) is 10.4. The zero-order valence-electron chi connectivity index (χ0n) is 17.1. The Balaban J connectivity index is 1.45. The van der Waals surface area contributed by atoms with E-state index < -0.39 is 5.91 Å². The van der Waals surface area contributed by atoms with Crippen molar-refractivity contribution < 1.29 is 14.4 Å². The number of carbonyl (C=O) groups is 3. The quantitative estimate of drug-likeness (QED) is 0.525. The van der Waals surface area contributed by atoms with Crippen LogP contribution in [-0.4, -0.2) is 38.6 Å². The van der Waals surface area contributed by atoms with E-state index in [1.54, 1.807) is 0 Å². The van der Waals surface area contributed by atoms with Crippen molar-refractivity contribution in [2.75, 3.05) is 11.9 Å². The molecule has 3 aromatic rings. The second-order valence-electron chi connectivity index (χ2n) is 8.03. The first-order valence-corrected chi connectivity index (χ1v) is 10.4. The van der Waals surface area contributed by atoms with Crippen LogP contribution in [0.2, 0.25) is 0 Å². The molecule has 0 spiro atoms. The van der Waals surface area contributed by atoms with Crippen LogP contribution in [0.4, 0.5) is 5.82 Å². The number of likely N-dealkylation sites (tertiary alicyclic amines) is 1. The molecule has 2 atom stereocenters. The zero-order valence-corrected chi connectivity index (χ0v) is 17.1. The fourth-order valence-electron chi connectivity index (χ4n) is 4.46. The van der Waals surface area contributed by atoms with Gasteiger partial charge in [0.2, 0.25) is 17.7 Å². The molecule has 156 valence electrons. The Hall–Kier alpha value is -3.74. The Bertz CT molecular complexity index is 1200. The van der Waals surface area contributed by atoms with Crippen LogP contribution in [0.1, 0.15) is 18.4 Å². The SMILES string of the molecule is Cc1cccn2c(NC(=O)CN3C(=O)C4CC=CCC4C3=O)c(-c3ccccc3)nc12. The van der Waals surface area contributed by atoms with Gasteiger partial charge in [0.1, 0.15) is 23.7 Å². The van der Waals surface area contributed by atoms with Gasteiger partial charge in [0.25, 0.3) is 0 Å². The molecule has 1 fully saturated rings. The summed E-state index contributed by atoms with van der Waals surface area (Å²) < 4.78 is 1.83. The predicted molar refractivity (Wildman–Crippen MR) is 116 cm³/mol. The standard InChI is InChI=1S/C24H22N4O3/c1-15-8-7-13-27-21(15)26-20(16-9-3-2-4-10-16)22(27)25-19(29)14-28-23(30)17-11-5-6-12-18(17)24(28)31/h2-10,13,17-18H,11-12,14H2,1H3,(H,25,29). The lowest BCUT2D eigenvalue weighted by Crippen LogP contribution is -2.38. The van der Waals surface area contributed by atoms with Crippen LogP contribution >= 0.6 is 0 Å². The van der Waals surface area contributed by atoms with Crippen LogP contribution in [-0.2, 0) is 14.4 Å². The molecule has 5 rings (SSSR count). The fourth-order valence-corrected chi connectivity index (χ4v) is 4.46. The summed E-state index contributed by atoms with van der Waals surface area (Å²) in [5.41, 5.74) is 3.22. The zero-order chi connectivity index (χ0) is 21.5. The van der Waals surface area contributed by atoms with E-state index in [0.29, 0.717) is 24.4 Å². The maximum absolute atomic E-state index is 13.0. The molecule has 31 heavy (non-hydrogen) atoms. The number of aryl methyl sites for hydroxylation is 1. The van der Waals surface area contributed by atoms with Crippen molar-refractivity contribution in [3.8, 4) is 11.3 Å². The maximum Gasteiger partial charge on any atom is 0.245 e. The summed E-state index contributed by atoms with van der Waals surface area (Å²) in [5.74, 6) is -1.10. The number of imidazole rings is 1. The van der Waals surface area contributed by atoms with Crippen LogP contribution in [0.3, 0.4) is 0 Å². The molecule has 2 aliphatic rings. The Morgan fingerprint density at radius 3 is 2.39 bits per heavy atom. The van der Waals surface area contributed by atoms with Crippen molar-refractivity contribution in [2.45, 2.75) is 19.8 Å². The number of pyridine rings is 1. The number of fused-ring (bicyclic) bond motifs is 2. The van der Waals surface area contributed by atoms with Crippen molar-refractivity contribution in [3.63, 3.8) is 0 Å². The second kappa shape index (κ2) is 7.50. The van der Waals surface area contributed by atoms with Gasteiger partial charge >= 0.3 is 0 Å². The Morgan fingerprint density at radius 1 is 1.03 bits per heavy atom. The van der Waals surface area contributed by atoms with Gasteiger partial charge in [-0.2, -0.15) is 0 Å². The second-order valence-corrected chi connectivity index (χ2v) is 8.03. The monoisotopic (exact) mass is 414 g/mol. The summed E-state index contributed by atoms with van der Waals surface area (Å²) in [6, 6.07) is 13.4. The molecule has 3 heterocycles. The van der Waals surface area contributed by atoms with Crippen molar-refractivity contribution in [2.24, 2.45) is 11.8 Å². The van der Waals surface area contributed by atoms with E-state index in [9.17, 15) is 14.4 Å². The van der Waals surface area contributed by atoms with Crippen LogP contribution in [0.5, 0.6) is 0 Å². The fraction of sp³-hybridized carbons (Fsp3) is 0.250. The number of aromatic nitrogens is 2. The first-order chi connectivity index (χ1) is 15.0. The molecule has 0 bridgehead atoms. The van der Waals surface area contributed by atoms with Crippen LogP contribution in [0.15, 0.2) is 60.8 Å². The number of carbonyl (C=O) groups excluding carboxylic acids is 3. The summed E-state index contributed by atoms with van der Waals surface area (Å²) in [4.78, 5) is 44.2. The summed E-state index contributed by atoms with van der Waals surface area (Å²) in [6.45, 7) is 1.66. The number of amides is 3. The lowest BCUT2D eigenvalue weighted by molar-refractivity contribution is -0.142. The Kier molecular flexibility index (Phi) is 4.66. The molecule has 1 aromatic carbocycles. The highest BCUT2D eigenvalue weighted by Crippen LogP contribution is 2.35. The molecule has 1 aliphatic carbocycles. The van der Waals surface area contributed by atoms with Gasteiger partial charge in [-0.25, -0.2) is 4.98 Å². The number of benzene rings is 1. The number of allylic oxidation sites excluding steroid dienone is 2. The third kappa shape index (κ3) is 3.22. The highest BCUT2D eigenvalue weighted by atomic mass is 16.2. The number of nitrogens with zero attached hydrogens (tertiary/aromatic N) is 3. The normalized spacial score (nSPS) is 20.4. The van der Waals surface area contributed by atoms with E-state index in [-0.39, 0.29) is 30.2 Å². The third-order valence-corrected chi connectivity index (χ3v) is 6.05. The van der Waals surface area contributed by atoms with Gasteiger partial charge in [-0.05, 0) is 31.4 Å². The summed E-state index contributed by atoms with van der Waals surface area (Å²) >= 11 is 0. The van der Waals surface area contributed by atoms with Gasteiger partial charge in [0, 0.05) is 11.8 Å². The van der Waals surface area contributed by atoms with Crippen molar-refractivity contribution in [1.29, 1.82) is 0 Å². The van der Waals surface area contributed by atoms with E-state index in [4.69, 9.17) is 4.98 Å². The number of imide groups is 1. The molecule has 0 radical (unpaired) electrons. The molecule has 7 heteroatoms. The van der Waals surface area contributed by atoms with Crippen LogP contribution in [0.25, 0.3) is 16.9 Å². The van der Waals surface area contributed by atoms with Gasteiger partial charge in [-0.1, -0.05) is 48.6 Å². The van der Waals surface area contributed by atoms with Gasteiger partial charge in [0.05, 0.1) is 11.8 Å².